The van der Waals surface area contributed by atoms with Crippen LogP contribution >= 0.6 is 11.3 Å². The van der Waals surface area contributed by atoms with Crippen LogP contribution in [0.1, 0.15) is 0 Å². The van der Waals surface area contributed by atoms with Gasteiger partial charge in [0.15, 0.2) is 5.82 Å². The van der Waals surface area contributed by atoms with Gasteiger partial charge in [0.05, 0.1) is 17.7 Å². The number of hydrogen-bond acceptors (Lipinski definition) is 7. The van der Waals surface area contributed by atoms with E-state index >= 15 is 0 Å². The van der Waals surface area contributed by atoms with Gasteiger partial charge in [-0.05, 0) is 29.8 Å². The Hall–Kier alpha value is -3.68. The van der Waals surface area contributed by atoms with Crippen molar-refractivity contribution in [1.82, 2.24) is 19.9 Å². The standard InChI is InChI=1S/C25H21N5OS/c1-31-16-15-28-24-21-20(18-11-5-7-13-26-18)22(17-9-3-2-4-10-17)32-25(21)30-23(29-24)19-12-6-8-14-27-19/h2-14H,15-16H2,1H3,(H,28,29,30). The van der Waals surface area contributed by atoms with Gasteiger partial charge in [-0.15, -0.1) is 11.3 Å². The number of fused-ring (bicyclic) bond motifs is 1. The number of aromatic nitrogens is 4. The van der Waals surface area contributed by atoms with Crippen molar-refractivity contribution >= 4 is 27.4 Å². The van der Waals surface area contributed by atoms with Crippen LogP contribution in [0.2, 0.25) is 0 Å². The SMILES string of the molecule is COCCNc1nc(-c2ccccn2)nc2sc(-c3ccccc3)c(-c3ccccn3)c12. The fraction of sp³-hybridized carbons (Fsp3) is 0.120. The second kappa shape index (κ2) is 9.21. The summed E-state index contributed by atoms with van der Waals surface area (Å²) in [4.78, 5) is 20.9. The van der Waals surface area contributed by atoms with Crippen LogP contribution < -0.4 is 5.32 Å². The molecule has 0 saturated heterocycles. The highest BCUT2D eigenvalue weighted by Crippen LogP contribution is 2.46. The molecule has 0 aliphatic rings. The van der Waals surface area contributed by atoms with Crippen LogP contribution in [0.4, 0.5) is 5.82 Å². The number of hydrogen-bond donors (Lipinski definition) is 1. The summed E-state index contributed by atoms with van der Waals surface area (Å²) in [7, 11) is 1.69. The zero-order chi connectivity index (χ0) is 21.8. The van der Waals surface area contributed by atoms with E-state index in [1.165, 1.54) is 0 Å². The molecule has 0 amide bonds. The van der Waals surface area contributed by atoms with Crippen molar-refractivity contribution < 1.29 is 4.74 Å². The third kappa shape index (κ3) is 3.95. The monoisotopic (exact) mass is 439 g/mol. The number of rotatable bonds is 7. The van der Waals surface area contributed by atoms with Crippen molar-refractivity contribution in [3.8, 4) is 33.2 Å². The normalized spacial score (nSPS) is 11.0. The second-order valence-electron chi connectivity index (χ2n) is 7.10. The van der Waals surface area contributed by atoms with Crippen LogP contribution in [0.5, 0.6) is 0 Å². The van der Waals surface area contributed by atoms with Crippen LogP contribution in [-0.2, 0) is 4.74 Å². The first-order chi connectivity index (χ1) is 15.8. The summed E-state index contributed by atoms with van der Waals surface area (Å²) in [5.41, 5.74) is 3.78. The van der Waals surface area contributed by atoms with Gasteiger partial charge >= 0.3 is 0 Å². The Morgan fingerprint density at radius 3 is 2.25 bits per heavy atom. The average Bonchev–Trinajstić information content (AvgIpc) is 3.25. The molecule has 1 N–H and O–H groups in total. The molecule has 0 radical (unpaired) electrons. The van der Waals surface area contributed by atoms with E-state index in [0.717, 1.165) is 43.4 Å². The van der Waals surface area contributed by atoms with E-state index in [4.69, 9.17) is 14.7 Å². The Balaban J connectivity index is 1.79. The van der Waals surface area contributed by atoms with E-state index in [1.807, 2.05) is 60.8 Å². The fourth-order valence-corrected chi connectivity index (χ4v) is 4.75. The van der Waals surface area contributed by atoms with E-state index in [9.17, 15) is 0 Å². The molecular weight excluding hydrogens is 418 g/mol. The molecular formula is C25H21N5OS. The van der Waals surface area contributed by atoms with E-state index in [2.05, 4.69) is 27.4 Å². The number of methoxy groups -OCH3 is 1. The summed E-state index contributed by atoms with van der Waals surface area (Å²) >= 11 is 1.64. The number of benzene rings is 1. The first-order valence-corrected chi connectivity index (χ1v) is 11.1. The Kier molecular flexibility index (Phi) is 5.83. The number of ether oxygens (including phenoxy) is 1. The van der Waals surface area contributed by atoms with Crippen LogP contribution in [-0.4, -0.2) is 40.2 Å². The topological polar surface area (TPSA) is 72.8 Å². The highest BCUT2D eigenvalue weighted by atomic mass is 32.1. The van der Waals surface area contributed by atoms with Crippen molar-refractivity contribution in [3.63, 3.8) is 0 Å². The van der Waals surface area contributed by atoms with Gasteiger partial charge in [-0.25, -0.2) is 9.97 Å². The van der Waals surface area contributed by atoms with E-state index in [1.54, 1.807) is 24.6 Å². The van der Waals surface area contributed by atoms with Crippen LogP contribution in [0.3, 0.4) is 0 Å². The fourth-order valence-electron chi connectivity index (χ4n) is 3.56. The first kappa shape index (κ1) is 20.2. The van der Waals surface area contributed by atoms with Crippen molar-refractivity contribution in [2.75, 3.05) is 25.6 Å². The molecule has 0 aliphatic carbocycles. The summed E-state index contributed by atoms with van der Waals surface area (Å²) in [6.07, 6.45) is 3.57. The number of anilines is 1. The molecule has 0 bridgehead atoms. The molecule has 4 aromatic heterocycles. The summed E-state index contributed by atoms with van der Waals surface area (Å²) in [6.45, 7) is 1.20. The minimum absolute atomic E-state index is 0.568. The lowest BCUT2D eigenvalue weighted by Gasteiger charge is -2.11. The van der Waals surface area contributed by atoms with Gasteiger partial charge in [0, 0.05) is 36.5 Å². The van der Waals surface area contributed by atoms with Gasteiger partial charge in [-0.1, -0.05) is 42.5 Å². The molecule has 5 aromatic rings. The molecule has 0 fully saturated rings. The van der Waals surface area contributed by atoms with Crippen molar-refractivity contribution in [1.29, 1.82) is 0 Å². The Morgan fingerprint density at radius 2 is 1.56 bits per heavy atom. The van der Waals surface area contributed by atoms with Crippen LogP contribution in [0, 0.1) is 0 Å². The summed E-state index contributed by atoms with van der Waals surface area (Å²) in [5, 5.41) is 4.41. The van der Waals surface area contributed by atoms with E-state index in [-0.39, 0.29) is 0 Å². The summed E-state index contributed by atoms with van der Waals surface area (Å²) in [5.74, 6) is 1.35. The minimum Gasteiger partial charge on any atom is -0.383 e. The number of pyridine rings is 2. The second-order valence-corrected chi connectivity index (χ2v) is 8.10. The third-order valence-corrected chi connectivity index (χ3v) is 6.13. The molecule has 7 heteroatoms. The van der Waals surface area contributed by atoms with Crippen LogP contribution in [0.25, 0.3) is 43.4 Å². The maximum absolute atomic E-state index is 5.25. The van der Waals surface area contributed by atoms with Crippen molar-refractivity contribution in [2.24, 2.45) is 0 Å². The number of nitrogens with zero attached hydrogens (tertiary/aromatic N) is 4. The van der Waals surface area contributed by atoms with Gasteiger partial charge in [0.1, 0.15) is 16.3 Å². The Bertz CT molecular complexity index is 1320. The largest absolute Gasteiger partial charge is 0.383 e. The van der Waals surface area contributed by atoms with E-state index in [0.29, 0.717) is 19.0 Å². The molecule has 0 saturated carbocycles. The zero-order valence-electron chi connectivity index (χ0n) is 17.5. The lowest BCUT2D eigenvalue weighted by molar-refractivity contribution is 0.210. The molecule has 0 atom stereocenters. The van der Waals surface area contributed by atoms with Gasteiger partial charge in [-0.2, -0.15) is 0 Å². The minimum atomic E-state index is 0.568. The van der Waals surface area contributed by atoms with Crippen molar-refractivity contribution in [2.45, 2.75) is 0 Å². The Labute approximate surface area is 190 Å². The molecule has 6 nitrogen and oxygen atoms in total. The average molecular weight is 440 g/mol. The zero-order valence-corrected chi connectivity index (χ0v) is 18.3. The molecule has 4 heterocycles. The molecule has 1 aromatic carbocycles. The van der Waals surface area contributed by atoms with Gasteiger partial charge in [-0.3, -0.25) is 9.97 Å². The maximum Gasteiger partial charge on any atom is 0.181 e. The number of thiophene rings is 1. The molecule has 0 spiro atoms. The third-order valence-electron chi connectivity index (χ3n) is 5.00. The molecule has 0 unspecified atom stereocenters. The lowest BCUT2D eigenvalue weighted by Crippen LogP contribution is -2.10. The van der Waals surface area contributed by atoms with Gasteiger partial charge in [0.25, 0.3) is 0 Å². The maximum atomic E-state index is 5.25. The van der Waals surface area contributed by atoms with Gasteiger partial charge in [0.2, 0.25) is 0 Å². The number of nitrogens with one attached hydrogen (secondary N) is 1. The quantitative estimate of drug-likeness (QED) is 0.336. The van der Waals surface area contributed by atoms with Gasteiger partial charge < -0.3 is 10.1 Å². The Morgan fingerprint density at radius 1 is 0.844 bits per heavy atom. The predicted octanol–water partition coefficient (Wildman–Crippen LogP) is 5.54. The highest BCUT2D eigenvalue weighted by Gasteiger charge is 2.22. The molecule has 5 rings (SSSR count). The highest BCUT2D eigenvalue weighted by molar-refractivity contribution is 7.22. The van der Waals surface area contributed by atoms with Crippen LogP contribution in [0.15, 0.2) is 79.1 Å². The molecule has 0 aliphatic heterocycles. The molecule has 158 valence electrons. The first-order valence-electron chi connectivity index (χ1n) is 10.3. The van der Waals surface area contributed by atoms with E-state index < -0.39 is 0 Å². The molecule has 32 heavy (non-hydrogen) atoms. The smallest absolute Gasteiger partial charge is 0.181 e. The predicted molar refractivity (Wildman–Crippen MR) is 130 cm³/mol. The van der Waals surface area contributed by atoms with Crippen molar-refractivity contribution in [3.05, 3.63) is 79.1 Å². The summed E-state index contributed by atoms with van der Waals surface area (Å²) < 4.78 is 5.25. The summed E-state index contributed by atoms with van der Waals surface area (Å²) in [6, 6.07) is 22.0. The lowest BCUT2D eigenvalue weighted by atomic mass is 10.0.